The second-order valence-corrected chi connectivity index (χ2v) is 6.97. The van der Waals surface area contributed by atoms with Crippen LogP contribution in [0.4, 0.5) is 0 Å². The van der Waals surface area contributed by atoms with Crippen molar-refractivity contribution in [3.63, 3.8) is 0 Å². The van der Waals surface area contributed by atoms with Gasteiger partial charge in [0, 0.05) is 20.5 Å². The van der Waals surface area contributed by atoms with Crippen molar-refractivity contribution in [2.75, 3.05) is 7.11 Å². The maximum atomic E-state index is 11.8. The highest BCUT2D eigenvalue weighted by Gasteiger charge is 2.43. The molecule has 0 N–H and O–H groups in total. The number of ether oxygens (including phenoxy) is 2. The molecule has 3 heteroatoms. The van der Waals surface area contributed by atoms with Crippen LogP contribution in [0.25, 0.3) is 0 Å². The molecule has 0 aliphatic carbocycles. The third-order valence-electron chi connectivity index (χ3n) is 4.76. The van der Waals surface area contributed by atoms with E-state index in [1.165, 1.54) is 57.8 Å². The predicted molar refractivity (Wildman–Crippen MR) is 95.2 cm³/mol. The van der Waals surface area contributed by atoms with Gasteiger partial charge < -0.3 is 9.47 Å². The summed E-state index contributed by atoms with van der Waals surface area (Å²) in [5.74, 6) is -0.732. The zero-order valence-electron chi connectivity index (χ0n) is 15.4. The summed E-state index contributed by atoms with van der Waals surface area (Å²) in [6.45, 7) is 4.08. The van der Waals surface area contributed by atoms with Gasteiger partial charge in [-0.25, -0.2) is 0 Å². The molecule has 0 amide bonds. The minimum absolute atomic E-state index is 0.0354. The lowest BCUT2D eigenvalue weighted by molar-refractivity contribution is -0.192. The maximum absolute atomic E-state index is 11.8. The zero-order valence-corrected chi connectivity index (χ0v) is 15.4. The summed E-state index contributed by atoms with van der Waals surface area (Å²) in [5, 5.41) is 0. The quantitative estimate of drug-likeness (QED) is 0.245. The lowest BCUT2D eigenvalue weighted by Gasteiger charge is -2.19. The van der Waals surface area contributed by atoms with Gasteiger partial charge in [0.15, 0.2) is 0 Å². The molecule has 1 rings (SSSR count). The number of cyclic esters (lactones) is 1. The minimum atomic E-state index is -0.688. The van der Waals surface area contributed by atoms with Crippen LogP contribution in [-0.2, 0) is 14.3 Å². The Kier molecular flexibility index (Phi) is 10.3. The van der Waals surface area contributed by atoms with E-state index in [-0.39, 0.29) is 11.9 Å². The van der Waals surface area contributed by atoms with E-state index < -0.39 is 5.79 Å². The third kappa shape index (κ3) is 8.55. The highest BCUT2D eigenvalue weighted by atomic mass is 16.7. The first kappa shape index (κ1) is 20.2. The van der Waals surface area contributed by atoms with E-state index >= 15 is 0 Å². The Labute approximate surface area is 142 Å². The molecule has 0 aromatic heterocycles. The van der Waals surface area contributed by atoms with E-state index in [1.54, 1.807) is 7.11 Å². The highest BCUT2D eigenvalue weighted by Crippen LogP contribution is 2.34. The number of hydrogen-bond acceptors (Lipinski definition) is 3. The van der Waals surface area contributed by atoms with Crippen LogP contribution in [0.1, 0.15) is 90.9 Å². The van der Waals surface area contributed by atoms with Crippen LogP contribution >= 0.6 is 0 Å². The summed E-state index contributed by atoms with van der Waals surface area (Å²) >= 11 is 0. The lowest BCUT2D eigenvalue weighted by atomic mass is 9.96. The van der Waals surface area contributed by atoms with Gasteiger partial charge in [0.25, 0.3) is 0 Å². The number of carbonyl (C=O) groups excluding carboxylic acids is 1. The maximum Gasteiger partial charge on any atom is 0.311 e. The molecule has 134 valence electrons. The molecule has 0 radical (unpaired) electrons. The lowest BCUT2D eigenvalue weighted by Crippen LogP contribution is -2.25. The smallest absolute Gasteiger partial charge is 0.311 e. The van der Waals surface area contributed by atoms with Gasteiger partial charge in [0.1, 0.15) is 0 Å². The molecular weight excluding hydrogens is 288 g/mol. The number of rotatable bonds is 13. The van der Waals surface area contributed by atoms with Crippen LogP contribution in [0, 0.1) is 5.92 Å². The van der Waals surface area contributed by atoms with Gasteiger partial charge in [0.2, 0.25) is 5.79 Å². The fourth-order valence-corrected chi connectivity index (χ4v) is 3.13. The Morgan fingerprint density at radius 1 is 1.09 bits per heavy atom. The topological polar surface area (TPSA) is 35.5 Å². The van der Waals surface area contributed by atoms with E-state index in [9.17, 15) is 4.79 Å². The summed E-state index contributed by atoms with van der Waals surface area (Å²) in [5.41, 5.74) is 0. The molecule has 0 saturated carbocycles. The second-order valence-electron chi connectivity index (χ2n) is 6.97. The van der Waals surface area contributed by atoms with Crippen LogP contribution in [0.15, 0.2) is 12.2 Å². The van der Waals surface area contributed by atoms with Gasteiger partial charge in [-0.1, -0.05) is 64.0 Å². The molecule has 2 atom stereocenters. The van der Waals surface area contributed by atoms with E-state index in [4.69, 9.17) is 9.47 Å². The van der Waals surface area contributed by atoms with Crippen molar-refractivity contribution in [2.24, 2.45) is 5.92 Å². The third-order valence-corrected chi connectivity index (χ3v) is 4.76. The Hall–Kier alpha value is -0.830. The molecule has 1 aliphatic rings. The first-order valence-electron chi connectivity index (χ1n) is 9.54. The summed E-state index contributed by atoms with van der Waals surface area (Å²) in [6.07, 6.45) is 19.0. The van der Waals surface area contributed by atoms with E-state index in [1.807, 2.05) is 6.92 Å². The summed E-state index contributed by atoms with van der Waals surface area (Å²) in [6, 6.07) is 0. The SMILES string of the molecule is CCCC/C=C\CCCCCCCCC1CC(C)(OC)OC1=O. The van der Waals surface area contributed by atoms with Gasteiger partial charge in [0.05, 0.1) is 5.92 Å². The largest absolute Gasteiger partial charge is 0.433 e. The van der Waals surface area contributed by atoms with Crippen molar-refractivity contribution in [3.8, 4) is 0 Å². The van der Waals surface area contributed by atoms with Crippen LogP contribution in [0.5, 0.6) is 0 Å². The van der Waals surface area contributed by atoms with Gasteiger partial charge in [-0.15, -0.1) is 0 Å². The second kappa shape index (κ2) is 11.7. The van der Waals surface area contributed by atoms with Crippen molar-refractivity contribution in [1.29, 1.82) is 0 Å². The average Bonchev–Trinajstić information content (AvgIpc) is 2.83. The minimum Gasteiger partial charge on any atom is -0.433 e. The normalized spacial score (nSPS) is 24.5. The molecule has 0 bridgehead atoms. The van der Waals surface area contributed by atoms with Crippen LogP contribution in [-0.4, -0.2) is 18.9 Å². The molecule has 1 aliphatic heterocycles. The molecule has 0 aromatic rings. The number of carbonyl (C=O) groups is 1. The Morgan fingerprint density at radius 3 is 2.30 bits per heavy atom. The van der Waals surface area contributed by atoms with Gasteiger partial charge >= 0.3 is 5.97 Å². The molecule has 3 nitrogen and oxygen atoms in total. The molecule has 23 heavy (non-hydrogen) atoms. The van der Waals surface area contributed by atoms with Crippen LogP contribution < -0.4 is 0 Å². The van der Waals surface area contributed by atoms with Crippen molar-refractivity contribution in [2.45, 2.75) is 96.7 Å². The monoisotopic (exact) mass is 324 g/mol. The molecule has 2 unspecified atom stereocenters. The molecule has 0 spiro atoms. The predicted octanol–water partition coefficient (Wildman–Crippen LogP) is 5.78. The summed E-state index contributed by atoms with van der Waals surface area (Å²) in [7, 11) is 1.61. The molecular formula is C20H36O3. The number of methoxy groups -OCH3 is 1. The average molecular weight is 325 g/mol. The standard InChI is InChI=1S/C20H36O3/c1-4-5-6-7-8-9-10-11-12-13-14-15-16-18-17-20(2,22-3)23-19(18)21/h7-8,18H,4-6,9-17H2,1-3H3/b8-7-. The molecule has 1 saturated heterocycles. The number of hydrogen-bond donors (Lipinski definition) is 0. The number of esters is 1. The highest BCUT2D eigenvalue weighted by molar-refractivity contribution is 5.74. The molecule has 1 heterocycles. The number of allylic oxidation sites excluding steroid dienone is 2. The first-order valence-corrected chi connectivity index (χ1v) is 9.54. The van der Waals surface area contributed by atoms with E-state index in [2.05, 4.69) is 19.1 Å². The van der Waals surface area contributed by atoms with Gasteiger partial charge in [-0.3, -0.25) is 4.79 Å². The first-order chi connectivity index (χ1) is 11.1. The van der Waals surface area contributed by atoms with Crippen molar-refractivity contribution < 1.29 is 14.3 Å². The van der Waals surface area contributed by atoms with Crippen molar-refractivity contribution >= 4 is 5.97 Å². The van der Waals surface area contributed by atoms with Gasteiger partial charge in [-0.05, 0) is 25.7 Å². The Morgan fingerprint density at radius 2 is 1.70 bits per heavy atom. The van der Waals surface area contributed by atoms with Crippen molar-refractivity contribution in [3.05, 3.63) is 12.2 Å². The van der Waals surface area contributed by atoms with Crippen LogP contribution in [0.2, 0.25) is 0 Å². The van der Waals surface area contributed by atoms with Crippen LogP contribution in [0.3, 0.4) is 0 Å². The summed E-state index contributed by atoms with van der Waals surface area (Å²) in [4.78, 5) is 11.8. The Bertz CT molecular complexity index is 351. The number of unbranched alkanes of at least 4 members (excludes halogenated alkanes) is 8. The van der Waals surface area contributed by atoms with E-state index in [0.29, 0.717) is 6.42 Å². The molecule has 0 aromatic carbocycles. The van der Waals surface area contributed by atoms with Gasteiger partial charge in [-0.2, -0.15) is 0 Å². The van der Waals surface area contributed by atoms with E-state index in [0.717, 1.165) is 12.8 Å². The fourth-order valence-electron chi connectivity index (χ4n) is 3.13. The summed E-state index contributed by atoms with van der Waals surface area (Å²) < 4.78 is 10.6. The fraction of sp³-hybridized carbons (Fsp3) is 0.850. The Balaban J connectivity index is 1.92. The van der Waals surface area contributed by atoms with Crippen molar-refractivity contribution in [1.82, 2.24) is 0 Å². The molecule has 1 fully saturated rings. The zero-order chi connectivity index (χ0) is 17.0.